The molecule has 0 atom stereocenters. The quantitative estimate of drug-likeness (QED) is 0.672. The van der Waals surface area contributed by atoms with E-state index in [9.17, 15) is 26.4 Å². The van der Waals surface area contributed by atoms with Gasteiger partial charge in [0, 0.05) is 12.7 Å². The van der Waals surface area contributed by atoms with Crippen LogP contribution in [0.2, 0.25) is 5.02 Å². The average molecular weight is 492 g/mol. The Bertz CT molecular complexity index is 932. The van der Waals surface area contributed by atoms with Gasteiger partial charge in [0.05, 0.1) is 20.9 Å². The number of anilines is 1. The lowest BCUT2D eigenvalue weighted by atomic mass is 10.2. The Morgan fingerprint density at radius 3 is 2.50 bits per heavy atom. The SMILES string of the molecule is CN(CC(=O)Nc1ccc(Cl)c(C(F)(F)F)c1)S(=O)(=O)c1ccc(Br)s1. The molecule has 0 aliphatic carbocycles. The monoisotopic (exact) mass is 490 g/mol. The highest BCUT2D eigenvalue weighted by Gasteiger charge is 2.33. The van der Waals surface area contributed by atoms with E-state index >= 15 is 0 Å². The van der Waals surface area contributed by atoms with Crippen LogP contribution in [0.25, 0.3) is 0 Å². The maximum Gasteiger partial charge on any atom is 0.417 e. The van der Waals surface area contributed by atoms with Crippen LogP contribution in [0.4, 0.5) is 18.9 Å². The lowest BCUT2D eigenvalue weighted by Crippen LogP contribution is -2.34. The van der Waals surface area contributed by atoms with Gasteiger partial charge in [0.15, 0.2) is 0 Å². The predicted octanol–water partition coefficient (Wildman–Crippen LogP) is 4.44. The zero-order valence-corrected chi connectivity index (χ0v) is 16.9. The molecule has 1 N–H and O–H groups in total. The summed E-state index contributed by atoms with van der Waals surface area (Å²) in [7, 11) is -2.68. The Morgan fingerprint density at radius 2 is 1.96 bits per heavy atom. The molecular weight excluding hydrogens is 481 g/mol. The van der Waals surface area contributed by atoms with Crippen LogP contribution in [0.5, 0.6) is 0 Å². The number of sulfonamides is 1. The van der Waals surface area contributed by atoms with E-state index in [-0.39, 0.29) is 9.90 Å². The van der Waals surface area contributed by atoms with Crippen LogP contribution in [0, 0.1) is 0 Å². The Balaban J connectivity index is 2.11. The van der Waals surface area contributed by atoms with Gasteiger partial charge in [-0.1, -0.05) is 11.6 Å². The first-order valence-corrected chi connectivity index (χ1v) is 10.2. The third-order valence-corrected chi connectivity index (χ3v) is 7.36. The van der Waals surface area contributed by atoms with Crippen LogP contribution >= 0.6 is 38.9 Å². The molecule has 26 heavy (non-hydrogen) atoms. The van der Waals surface area contributed by atoms with Crippen LogP contribution in [-0.4, -0.2) is 32.2 Å². The number of nitrogens with one attached hydrogen (secondary N) is 1. The first-order valence-electron chi connectivity index (χ1n) is 6.79. The van der Waals surface area contributed by atoms with E-state index in [1.165, 1.54) is 19.2 Å². The van der Waals surface area contributed by atoms with Crippen molar-refractivity contribution in [3.63, 3.8) is 0 Å². The van der Waals surface area contributed by atoms with E-state index in [2.05, 4.69) is 21.2 Å². The molecule has 142 valence electrons. The van der Waals surface area contributed by atoms with Gasteiger partial charge in [-0.2, -0.15) is 17.5 Å². The minimum absolute atomic E-state index is 0.0329. The number of amides is 1. The number of rotatable bonds is 5. The van der Waals surface area contributed by atoms with Crippen molar-refractivity contribution < 1.29 is 26.4 Å². The summed E-state index contributed by atoms with van der Waals surface area (Å²) in [5.74, 6) is -0.790. The summed E-state index contributed by atoms with van der Waals surface area (Å²) in [6.07, 6.45) is -4.68. The second-order valence-electron chi connectivity index (χ2n) is 5.06. The third kappa shape index (κ3) is 4.97. The third-order valence-electron chi connectivity index (χ3n) is 3.13. The highest BCUT2D eigenvalue weighted by atomic mass is 79.9. The molecule has 12 heteroatoms. The van der Waals surface area contributed by atoms with Crippen molar-refractivity contribution in [2.24, 2.45) is 0 Å². The van der Waals surface area contributed by atoms with Crippen LogP contribution in [-0.2, 0) is 21.0 Å². The first kappa shape index (κ1) is 21.2. The highest BCUT2D eigenvalue weighted by molar-refractivity contribution is 9.11. The lowest BCUT2D eigenvalue weighted by molar-refractivity contribution is -0.137. The fraction of sp³-hybridized carbons (Fsp3) is 0.214. The fourth-order valence-electron chi connectivity index (χ4n) is 1.90. The molecule has 0 radical (unpaired) electrons. The summed E-state index contributed by atoms with van der Waals surface area (Å²) in [4.78, 5) is 12.0. The molecule has 0 saturated carbocycles. The summed E-state index contributed by atoms with van der Waals surface area (Å²) >= 11 is 9.64. The molecule has 2 aromatic rings. The zero-order chi connectivity index (χ0) is 19.7. The molecule has 0 bridgehead atoms. The molecule has 5 nitrogen and oxygen atoms in total. The van der Waals surface area contributed by atoms with Gasteiger partial charge in [0.2, 0.25) is 5.91 Å². The largest absolute Gasteiger partial charge is 0.417 e. The van der Waals surface area contributed by atoms with Crippen molar-refractivity contribution in [3.05, 3.63) is 44.7 Å². The molecule has 1 heterocycles. The van der Waals surface area contributed by atoms with Gasteiger partial charge in [0.1, 0.15) is 4.21 Å². The fourth-order valence-corrected chi connectivity index (χ4v) is 5.47. The van der Waals surface area contributed by atoms with Crippen LogP contribution < -0.4 is 5.32 Å². The Morgan fingerprint density at radius 1 is 1.31 bits per heavy atom. The van der Waals surface area contributed by atoms with Gasteiger partial charge in [-0.05, 0) is 46.3 Å². The molecule has 2 rings (SSSR count). The van der Waals surface area contributed by atoms with Gasteiger partial charge in [-0.15, -0.1) is 11.3 Å². The summed E-state index contributed by atoms with van der Waals surface area (Å²) in [5, 5.41) is 1.73. The molecule has 1 aromatic heterocycles. The molecular formula is C14H11BrClF3N2O3S2. The van der Waals surface area contributed by atoms with Crippen molar-refractivity contribution in [2.75, 3.05) is 18.9 Å². The standard InChI is InChI=1S/C14H11BrClF3N2O3S2/c1-21(26(23,24)13-5-4-11(15)25-13)7-12(22)20-8-2-3-10(16)9(6-8)14(17,18)19/h2-6H,7H2,1H3,(H,20,22). The highest BCUT2D eigenvalue weighted by Crippen LogP contribution is 2.36. The van der Waals surface area contributed by atoms with Gasteiger partial charge < -0.3 is 5.32 Å². The number of carbonyl (C=O) groups is 1. The van der Waals surface area contributed by atoms with E-state index in [0.717, 1.165) is 21.7 Å². The minimum atomic E-state index is -4.68. The molecule has 0 saturated heterocycles. The molecule has 0 unspecified atom stereocenters. The van der Waals surface area contributed by atoms with Gasteiger partial charge in [-0.25, -0.2) is 8.42 Å². The van der Waals surface area contributed by atoms with Crippen LogP contribution in [0.1, 0.15) is 5.56 Å². The topological polar surface area (TPSA) is 66.5 Å². The Hall–Kier alpha value is -1.14. The van der Waals surface area contributed by atoms with E-state index < -0.39 is 39.2 Å². The summed E-state index contributed by atoms with van der Waals surface area (Å²) in [6.45, 7) is -0.568. The van der Waals surface area contributed by atoms with Crippen LogP contribution in [0.3, 0.4) is 0 Å². The number of benzene rings is 1. The lowest BCUT2D eigenvalue weighted by Gasteiger charge is -2.16. The zero-order valence-electron chi connectivity index (χ0n) is 13.0. The van der Waals surface area contributed by atoms with E-state index in [1.807, 2.05) is 0 Å². The number of hydrogen-bond acceptors (Lipinski definition) is 4. The molecule has 0 spiro atoms. The summed E-state index contributed by atoms with van der Waals surface area (Å²) in [5.41, 5.74) is -1.24. The number of carbonyl (C=O) groups excluding carboxylic acids is 1. The Labute approximate surface area is 164 Å². The molecule has 1 aromatic carbocycles. The summed E-state index contributed by atoms with van der Waals surface area (Å²) < 4.78 is 64.6. The minimum Gasteiger partial charge on any atom is -0.325 e. The van der Waals surface area contributed by atoms with E-state index in [4.69, 9.17) is 11.6 Å². The maximum atomic E-state index is 12.8. The molecule has 1 amide bonds. The number of hydrogen-bond donors (Lipinski definition) is 1. The van der Waals surface area contributed by atoms with Crippen molar-refractivity contribution in [3.8, 4) is 0 Å². The number of halogens is 5. The van der Waals surface area contributed by atoms with E-state index in [0.29, 0.717) is 9.85 Å². The predicted molar refractivity (Wildman–Crippen MR) is 96.9 cm³/mol. The average Bonchev–Trinajstić information content (AvgIpc) is 2.95. The normalized spacial score (nSPS) is 12.4. The first-order chi connectivity index (χ1) is 11.9. The summed E-state index contributed by atoms with van der Waals surface area (Å²) in [6, 6.07) is 5.82. The van der Waals surface area contributed by atoms with Gasteiger partial charge >= 0.3 is 6.18 Å². The number of likely N-dealkylation sites (N-methyl/N-ethyl adjacent to an activating group) is 1. The number of alkyl halides is 3. The van der Waals surface area contributed by atoms with Crippen molar-refractivity contribution >= 4 is 60.5 Å². The van der Waals surface area contributed by atoms with Crippen LogP contribution in [0.15, 0.2) is 38.3 Å². The maximum absolute atomic E-state index is 12.8. The van der Waals surface area contributed by atoms with Gasteiger partial charge in [0.25, 0.3) is 10.0 Å². The second kappa shape index (κ2) is 7.85. The second-order valence-corrected chi connectivity index (χ2v) is 10.2. The molecule has 0 aliphatic rings. The number of nitrogens with zero attached hydrogens (tertiary/aromatic N) is 1. The molecule has 0 fully saturated rings. The number of thiophene rings is 1. The van der Waals surface area contributed by atoms with Gasteiger partial charge in [-0.3, -0.25) is 4.79 Å². The smallest absolute Gasteiger partial charge is 0.325 e. The Kier molecular flexibility index (Phi) is 6.39. The molecule has 0 aliphatic heterocycles. The van der Waals surface area contributed by atoms with Crippen molar-refractivity contribution in [2.45, 2.75) is 10.4 Å². The van der Waals surface area contributed by atoms with Crippen molar-refractivity contribution in [1.29, 1.82) is 0 Å². The van der Waals surface area contributed by atoms with Crippen molar-refractivity contribution in [1.82, 2.24) is 4.31 Å². The van der Waals surface area contributed by atoms with E-state index in [1.54, 1.807) is 6.07 Å².